The number of nitrogens with zero attached hydrogens (tertiary/aromatic N) is 1. The molecule has 1 aliphatic carbocycles. The minimum Gasteiger partial charge on any atom is -0.347 e. The molecular weight excluding hydrogens is 214 g/mol. The van der Waals surface area contributed by atoms with Gasteiger partial charge in [0.25, 0.3) is 5.91 Å². The van der Waals surface area contributed by atoms with E-state index in [1.54, 1.807) is 0 Å². The van der Waals surface area contributed by atoms with Crippen molar-refractivity contribution in [3.8, 4) is 0 Å². The van der Waals surface area contributed by atoms with Crippen LogP contribution in [0.15, 0.2) is 18.3 Å². The highest BCUT2D eigenvalue weighted by Gasteiger charge is 2.24. The first-order chi connectivity index (χ1) is 8.34. The van der Waals surface area contributed by atoms with Crippen LogP contribution in [0.5, 0.6) is 0 Å². The molecule has 1 aromatic heterocycles. The van der Waals surface area contributed by atoms with Crippen LogP contribution in [0.2, 0.25) is 0 Å². The van der Waals surface area contributed by atoms with E-state index in [2.05, 4.69) is 15.2 Å². The van der Waals surface area contributed by atoms with Crippen LogP contribution in [0.4, 0.5) is 0 Å². The quantitative estimate of drug-likeness (QED) is 0.826. The summed E-state index contributed by atoms with van der Waals surface area (Å²) in [7, 11) is 0. The maximum atomic E-state index is 12.2. The normalized spacial score (nSPS) is 24.6. The van der Waals surface area contributed by atoms with Crippen LogP contribution in [0.1, 0.15) is 42.2 Å². The first-order valence-electron chi connectivity index (χ1n) is 6.53. The molecule has 2 aliphatic rings. The fourth-order valence-electron chi connectivity index (χ4n) is 2.61. The zero-order valence-corrected chi connectivity index (χ0v) is 9.98. The summed E-state index contributed by atoms with van der Waals surface area (Å²) in [5.74, 6) is 0.0793. The van der Waals surface area contributed by atoms with Crippen LogP contribution in [0.25, 0.3) is 0 Å². The third kappa shape index (κ3) is 2.09. The second-order valence-electron chi connectivity index (χ2n) is 5.05. The van der Waals surface area contributed by atoms with Crippen molar-refractivity contribution in [3.05, 3.63) is 24.0 Å². The zero-order chi connectivity index (χ0) is 11.7. The van der Waals surface area contributed by atoms with Gasteiger partial charge in [-0.25, -0.2) is 0 Å². The molecule has 4 nitrogen and oxygen atoms in total. The van der Waals surface area contributed by atoms with Gasteiger partial charge in [0.1, 0.15) is 5.69 Å². The Hall–Kier alpha value is -1.29. The average Bonchev–Trinajstić information content (AvgIpc) is 2.85. The Bertz CT molecular complexity index is 403. The van der Waals surface area contributed by atoms with E-state index in [9.17, 15) is 4.79 Å². The summed E-state index contributed by atoms with van der Waals surface area (Å²) in [6.07, 6.45) is 6.78. The minimum atomic E-state index is 0.0793. The highest BCUT2D eigenvalue weighted by molar-refractivity contribution is 5.93. The molecule has 1 unspecified atom stereocenters. The maximum absolute atomic E-state index is 12.2. The van der Waals surface area contributed by atoms with E-state index in [4.69, 9.17) is 0 Å². The number of aromatic nitrogens is 1. The van der Waals surface area contributed by atoms with Gasteiger partial charge in [-0.05, 0) is 44.4 Å². The summed E-state index contributed by atoms with van der Waals surface area (Å²) in [6, 6.07) is 4.75. The number of amides is 1. The second kappa shape index (κ2) is 4.53. The van der Waals surface area contributed by atoms with E-state index in [1.165, 1.54) is 19.3 Å². The summed E-state index contributed by atoms with van der Waals surface area (Å²) in [6.45, 7) is 1.91. The fraction of sp³-hybridized carbons (Fsp3) is 0.615. The van der Waals surface area contributed by atoms with E-state index < -0.39 is 0 Å². The van der Waals surface area contributed by atoms with Crippen molar-refractivity contribution in [1.82, 2.24) is 15.2 Å². The van der Waals surface area contributed by atoms with Crippen LogP contribution in [0.3, 0.4) is 0 Å². The first kappa shape index (κ1) is 10.8. The predicted molar refractivity (Wildman–Crippen MR) is 66.1 cm³/mol. The second-order valence-corrected chi connectivity index (χ2v) is 5.05. The van der Waals surface area contributed by atoms with Crippen LogP contribution in [-0.4, -0.2) is 29.6 Å². The molecule has 1 atom stereocenters. The Morgan fingerprint density at radius 3 is 2.94 bits per heavy atom. The Morgan fingerprint density at radius 2 is 2.29 bits per heavy atom. The van der Waals surface area contributed by atoms with E-state index in [1.807, 2.05) is 18.3 Å². The lowest BCUT2D eigenvalue weighted by Gasteiger charge is -2.29. The largest absolute Gasteiger partial charge is 0.347 e. The summed E-state index contributed by atoms with van der Waals surface area (Å²) >= 11 is 0. The van der Waals surface area contributed by atoms with Crippen molar-refractivity contribution in [2.75, 3.05) is 13.1 Å². The number of carbonyl (C=O) groups is 1. The van der Waals surface area contributed by atoms with Crippen molar-refractivity contribution >= 4 is 5.91 Å². The highest BCUT2D eigenvalue weighted by atomic mass is 16.2. The van der Waals surface area contributed by atoms with Crippen molar-refractivity contribution in [2.24, 2.45) is 0 Å². The number of rotatable bonds is 3. The molecule has 1 aliphatic heterocycles. The molecule has 0 aromatic carbocycles. The average molecular weight is 233 g/mol. The third-order valence-corrected chi connectivity index (χ3v) is 3.88. The summed E-state index contributed by atoms with van der Waals surface area (Å²) < 4.78 is 2.14. The Labute approximate surface area is 101 Å². The molecule has 92 valence electrons. The Balaban J connectivity index is 1.69. The van der Waals surface area contributed by atoms with Crippen molar-refractivity contribution in [1.29, 1.82) is 0 Å². The number of hydrogen-bond donors (Lipinski definition) is 2. The molecule has 1 saturated heterocycles. The molecule has 1 amide bonds. The van der Waals surface area contributed by atoms with Crippen molar-refractivity contribution in [3.63, 3.8) is 0 Å². The summed E-state index contributed by atoms with van der Waals surface area (Å²) in [5.41, 5.74) is 0.821. The van der Waals surface area contributed by atoms with Crippen molar-refractivity contribution in [2.45, 2.75) is 37.8 Å². The smallest absolute Gasteiger partial charge is 0.268 e. The molecule has 2 heterocycles. The van der Waals surface area contributed by atoms with E-state index in [0.717, 1.165) is 25.2 Å². The van der Waals surface area contributed by atoms with Gasteiger partial charge in [0.05, 0.1) is 0 Å². The third-order valence-electron chi connectivity index (χ3n) is 3.88. The molecule has 1 aromatic rings. The number of hydrogen-bond acceptors (Lipinski definition) is 2. The molecule has 0 spiro atoms. The van der Waals surface area contributed by atoms with Gasteiger partial charge in [-0.15, -0.1) is 0 Å². The van der Waals surface area contributed by atoms with Gasteiger partial charge in [-0.3, -0.25) is 4.79 Å². The van der Waals surface area contributed by atoms with Gasteiger partial charge in [0.15, 0.2) is 0 Å². The van der Waals surface area contributed by atoms with Gasteiger partial charge < -0.3 is 15.2 Å². The van der Waals surface area contributed by atoms with Crippen LogP contribution >= 0.6 is 0 Å². The number of carbonyl (C=O) groups excluding carboxylic acids is 1. The van der Waals surface area contributed by atoms with E-state index in [-0.39, 0.29) is 5.91 Å². The fourth-order valence-corrected chi connectivity index (χ4v) is 2.61. The van der Waals surface area contributed by atoms with E-state index >= 15 is 0 Å². The molecule has 3 rings (SSSR count). The zero-order valence-electron chi connectivity index (χ0n) is 9.98. The molecule has 1 saturated carbocycles. The monoisotopic (exact) mass is 233 g/mol. The molecule has 2 N–H and O–H groups in total. The van der Waals surface area contributed by atoms with Crippen molar-refractivity contribution < 1.29 is 4.79 Å². The van der Waals surface area contributed by atoms with Gasteiger partial charge in [-0.1, -0.05) is 0 Å². The topological polar surface area (TPSA) is 46.1 Å². The summed E-state index contributed by atoms with van der Waals surface area (Å²) in [5, 5.41) is 6.36. The van der Waals surface area contributed by atoms with Crippen LogP contribution in [0, 0.1) is 0 Å². The van der Waals surface area contributed by atoms with Gasteiger partial charge in [-0.2, -0.15) is 0 Å². The lowest BCUT2D eigenvalue weighted by Crippen LogP contribution is -2.37. The lowest BCUT2D eigenvalue weighted by molar-refractivity contribution is 0.0925. The molecule has 0 radical (unpaired) electrons. The van der Waals surface area contributed by atoms with Crippen LogP contribution < -0.4 is 10.6 Å². The lowest BCUT2D eigenvalue weighted by atomic mass is 9.93. The highest BCUT2D eigenvalue weighted by Crippen LogP contribution is 2.32. The van der Waals surface area contributed by atoms with Gasteiger partial charge >= 0.3 is 0 Å². The molecule has 4 heteroatoms. The predicted octanol–water partition coefficient (Wildman–Crippen LogP) is 1.30. The molecule has 17 heavy (non-hydrogen) atoms. The number of nitrogens with one attached hydrogen (secondary N) is 2. The maximum Gasteiger partial charge on any atom is 0.268 e. The first-order valence-corrected chi connectivity index (χ1v) is 6.53. The van der Waals surface area contributed by atoms with Gasteiger partial charge in [0, 0.05) is 24.8 Å². The van der Waals surface area contributed by atoms with Crippen LogP contribution in [-0.2, 0) is 0 Å². The Morgan fingerprint density at radius 1 is 1.41 bits per heavy atom. The minimum absolute atomic E-state index is 0.0793. The van der Waals surface area contributed by atoms with E-state index in [0.29, 0.717) is 12.1 Å². The SMILES string of the molecule is O=C(NC1CCNC1)c1cccn1C1CCC1. The summed E-state index contributed by atoms with van der Waals surface area (Å²) in [4.78, 5) is 12.2. The van der Waals surface area contributed by atoms with Gasteiger partial charge in [0.2, 0.25) is 0 Å². The molecule has 2 fully saturated rings. The standard InChI is InChI=1S/C13H19N3O/c17-13(15-10-6-7-14-9-10)12-5-2-8-16(12)11-3-1-4-11/h2,5,8,10-11,14H,1,3-4,6-7,9H2,(H,15,17). The Kier molecular flexibility index (Phi) is 2.89. The molecule has 0 bridgehead atoms. The molecular formula is C13H19N3O.